The highest BCUT2D eigenvalue weighted by molar-refractivity contribution is 5.68. The van der Waals surface area contributed by atoms with E-state index in [1.54, 1.807) is 17.0 Å². The van der Waals surface area contributed by atoms with Crippen LogP contribution >= 0.6 is 0 Å². The average Bonchev–Trinajstić information content (AvgIpc) is 2.98. The van der Waals surface area contributed by atoms with E-state index in [9.17, 15) is 18.0 Å². The summed E-state index contributed by atoms with van der Waals surface area (Å²) in [6.45, 7) is 10.3. The van der Waals surface area contributed by atoms with Crippen LogP contribution in [0.3, 0.4) is 0 Å². The number of anilines is 1. The molecule has 29 heavy (non-hydrogen) atoms. The van der Waals surface area contributed by atoms with Crippen molar-refractivity contribution in [3.05, 3.63) is 29.8 Å². The average molecular weight is 413 g/mol. The van der Waals surface area contributed by atoms with Crippen molar-refractivity contribution in [2.75, 3.05) is 44.2 Å². The van der Waals surface area contributed by atoms with Crippen molar-refractivity contribution in [1.82, 2.24) is 9.80 Å². The van der Waals surface area contributed by atoms with Crippen molar-refractivity contribution in [1.29, 1.82) is 0 Å². The highest BCUT2D eigenvalue weighted by atomic mass is 19.4. The van der Waals surface area contributed by atoms with Crippen molar-refractivity contribution >= 4 is 11.8 Å². The van der Waals surface area contributed by atoms with Crippen molar-refractivity contribution < 1.29 is 22.7 Å². The second kappa shape index (κ2) is 8.42. The molecule has 0 saturated carbocycles. The Bertz CT molecular complexity index is 701. The molecule has 2 aliphatic heterocycles. The van der Waals surface area contributed by atoms with Crippen LogP contribution in [0.4, 0.5) is 23.7 Å². The lowest BCUT2D eigenvalue weighted by Crippen LogP contribution is -2.42. The van der Waals surface area contributed by atoms with Gasteiger partial charge in [0.2, 0.25) is 0 Å². The Kier molecular flexibility index (Phi) is 6.31. The van der Waals surface area contributed by atoms with Crippen LogP contribution in [0.2, 0.25) is 0 Å². The van der Waals surface area contributed by atoms with Crippen molar-refractivity contribution in [2.24, 2.45) is 0 Å². The van der Waals surface area contributed by atoms with E-state index in [1.807, 2.05) is 20.8 Å². The number of amides is 1. The fraction of sp³-hybridized carbons (Fsp3) is 0.667. The van der Waals surface area contributed by atoms with Gasteiger partial charge in [-0.15, -0.1) is 0 Å². The van der Waals surface area contributed by atoms with Crippen molar-refractivity contribution in [3.63, 3.8) is 0 Å². The maximum absolute atomic E-state index is 12.8. The molecule has 3 rings (SSSR count). The Balaban J connectivity index is 1.54. The van der Waals surface area contributed by atoms with Crippen LogP contribution in [0, 0.1) is 0 Å². The Labute approximate surface area is 170 Å². The Hall–Kier alpha value is -1.96. The molecule has 8 heteroatoms. The molecule has 1 atom stereocenters. The number of nitrogens with zero attached hydrogens (tertiary/aromatic N) is 3. The lowest BCUT2D eigenvalue weighted by atomic mass is 10.2. The van der Waals surface area contributed by atoms with E-state index < -0.39 is 17.3 Å². The predicted octanol–water partition coefficient (Wildman–Crippen LogP) is 4.23. The molecular weight excluding hydrogens is 383 g/mol. The first-order chi connectivity index (χ1) is 13.5. The second-order valence-electron chi connectivity index (χ2n) is 8.79. The first-order valence-electron chi connectivity index (χ1n) is 10.2. The van der Waals surface area contributed by atoms with Crippen LogP contribution in [0.25, 0.3) is 0 Å². The molecule has 2 saturated heterocycles. The van der Waals surface area contributed by atoms with Gasteiger partial charge in [-0.05, 0) is 57.9 Å². The summed E-state index contributed by atoms with van der Waals surface area (Å²) in [5.41, 5.74) is -0.299. The van der Waals surface area contributed by atoms with Crippen LogP contribution in [0.1, 0.15) is 39.2 Å². The van der Waals surface area contributed by atoms with Crippen molar-refractivity contribution in [3.8, 4) is 0 Å². The summed E-state index contributed by atoms with van der Waals surface area (Å²) in [6.07, 6.45) is -2.72. The number of carbonyl (C=O) groups excluding carboxylic acids is 1. The van der Waals surface area contributed by atoms with Gasteiger partial charge in [0.25, 0.3) is 0 Å². The van der Waals surface area contributed by atoms with Crippen LogP contribution in [-0.2, 0) is 10.9 Å². The molecule has 1 unspecified atom stereocenters. The number of likely N-dealkylation sites (tertiary alicyclic amines) is 1. The lowest BCUT2D eigenvalue weighted by Gasteiger charge is -2.29. The summed E-state index contributed by atoms with van der Waals surface area (Å²) in [6, 6.07) is 5.70. The van der Waals surface area contributed by atoms with Crippen LogP contribution in [0.15, 0.2) is 24.3 Å². The molecule has 2 heterocycles. The minimum Gasteiger partial charge on any atom is -0.444 e. The first-order valence-corrected chi connectivity index (χ1v) is 10.2. The monoisotopic (exact) mass is 413 g/mol. The van der Waals surface area contributed by atoms with E-state index in [0.717, 1.165) is 56.8 Å². The van der Waals surface area contributed by atoms with Gasteiger partial charge in [-0.2, -0.15) is 13.2 Å². The first kappa shape index (κ1) is 21.7. The van der Waals surface area contributed by atoms with E-state index in [1.165, 1.54) is 0 Å². The normalized spacial score (nSPS) is 21.9. The van der Waals surface area contributed by atoms with Crippen LogP contribution < -0.4 is 4.90 Å². The van der Waals surface area contributed by atoms with Gasteiger partial charge in [0.15, 0.2) is 0 Å². The van der Waals surface area contributed by atoms with E-state index >= 15 is 0 Å². The van der Waals surface area contributed by atoms with E-state index in [2.05, 4.69) is 9.80 Å². The lowest BCUT2D eigenvalue weighted by molar-refractivity contribution is -0.137. The van der Waals surface area contributed by atoms with Gasteiger partial charge < -0.3 is 14.5 Å². The van der Waals surface area contributed by atoms with E-state index in [4.69, 9.17) is 4.74 Å². The number of rotatable bonds is 2. The van der Waals surface area contributed by atoms with Crippen LogP contribution in [-0.4, -0.2) is 66.8 Å². The molecule has 2 aliphatic rings. The van der Waals surface area contributed by atoms with Gasteiger partial charge in [0.1, 0.15) is 5.60 Å². The predicted molar refractivity (Wildman–Crippen MR) is 106 cm³/mol. The summed E-state index contributed by atoms with van der Waals surface area (Å²) in [7, 11) is 0. The number of hydrogen-bond donors (Lipinski definition) is 0. The van der Waals surface area contributed by atoms with Gasteiger partial charge in [0, 0.05) is 51.0 Å². The Morgan fingerprint density at radius 3 is 2.31 bits per heavy atom. The number of halogens is 3. The SMILES string of the molecule is CC(C)(C)OC(=O)N1CCC(N2CCCN(c3ccc(C(F)(F)F)cc3)CC2)C1. The summed E-state index contributed by atoms with van der Waals surface area (Å²) in [5.74, 6) is 0. The van der Waals surface area contributed by atoms with E-state index in [0.29, 0.717) is 19.1 Å². The molecule has 1 amide bonds. The third-order valence-electron chi connectivity index (χ3n) is 5.42. The fourth-order valence-electron chi connectivity index (χ4n) is 3.95. The topological polar surface area (TPSA) is 36.0 Å². The summed E-state index contributed by atoms with van der Waals surface area (Å²) in [5, 5.41) is 0. The van der Waals surface area contributed by atoms with Gasteiger partial charge in [-0.3, -0.25) is 4.90 Å². The van der Waals surface area contributed by atoms with Crippen molar-refractivity contribution in [2.45, 2.75) is 51.4 Å². The minimum atomic E-state index is -4.31. The quantitative estimate of drug-likeness (QED) is 0.727. The summed E-state index contributed by atoms with van der Waals surface area (Å²) < 4.78 is 43.8. The number of hydrogen-bond acceptors (Lipinski definition) is 4. The standard InChI is InChI=1S/C21H30F3N3O2/c1-20(2,3)29-19(28)27-12-9-18(15-27)26-11-4-10-25(13-14-26)17-7-5-16(6-8-17)21(22,23)24/h5-8,18H,4,9-15H2,1-3H3. The molecule has 0 bridgehead atoms. The molecular formula is C21H30F3N3O2. The molecule has 0 N–H and O–H groups in total. The summed E-state index contributed by atoms with van der Waals surface area (Å²) >= 11 is 0. The van der Waals surface area contributed by atoms with Gasteiger partial charge in [-0.1, -0.05) is 0 Å². The van der Waals surface area contributed by atoms with Gasteiger partial charge >= 0.3 is 12.3 Å². The Morgan fingerprint density at radius 2 is 1.69 bits per heavy atom. The molecule has 0 spiro atoms. The largest absolute Gasteiger partial charge is 0.444 e. The smallest absolute Gasteiger partial charge is 0.416 e. The highest BCUT2D eigenvalue weighted by Gasteiger charge is 2.34. The zero-order chi connectivity index (χ0) is 21.2. The van der Waals surface area contributed by atoms with Crippen LogP contribution in [0.5, 0.6) is 0 Å². The molecule has 0 radical (unpaired) electrons. The van der Waals surface area contributed by atoms with E-state index in [-0.39, 0.29) is 6.09 Å². The second-order valence-corrected chi connectivity index (χ2v) is 8.79. The van der Waals surface area contributed by atoms with Gasteiger partial charge in [0.05, 0.1) is 5.56 Å². The van der Waals surface area contributed by atoms with Gasteiger partial charge in [-0.25, -0.2) is 4.79 Å². The molecule has 1 aromatic carbocycles. The number of ether oxygens (including phenoxy) is 1. The number of benzene rings is 1. The highest BCUT2D eigenvalue weighted by Crippen LogP contribution is 2.31. The Morgan fingerprint density at radius 1 is 1.00 bits per heavy atom. The third-order valence-corrected chi connectivity index (χ3v) is 5.42. The maximum Gasteiger partial charge on any atom is 0.416 e. The number of alkyl halides is 3. The molecule has 5 nitrogen and oxygen atoms in total. The maximum atomic E-state index is 12.8. The number of carbonyl (C=O) groups is 1. The zero-order valence-corrected chi connectivity index (χ0v) is 17.3. The molecule has 0 aliphatic carbocycles. The third kappa shape index (κ3) is 5.78. The minimum absolute atomic E-state index is 0.263. The summed E-state index contributed by atoms with van der Waals surface area (Å²) in [4.78, 5) is 18.6. The zero-order valence-electron chi connectivity index (χ0n) is 17.3. The molecule has 1 aromatic rings. The fourth-order valence-corrected chi connectivity index (χ4v) is 3.95. The molecule has 162 valence electrons. The molecule has 0 aromatic heterocycles. The molecule has 2 fully saturated rings.